The van der Waals surface area contributed by atoms with Crippen molar-refractivity contribution in [2.45, 2.75) is 26.4 Å². The molecule has 3 rings (SSSR count). The van der Waals surface area contributed by atoms with Crippen molar-refractivity contribution >= 4 is 5.69 Å². The predicted octanol–water partition coefficient (Wildman–Crippen LogP) is 4.10. The number of anilines is 1. The van der Waals surface area contributed by atoms with E-state index in [2.05, 4.69) is 61.6 Å². The maximum absolute atomic E-state index is 6.16. The number of nitrogens with one attached hydrogen (secondary N) is 1. The van der Waals surface area contributed by atoms with Crippen molar-refractivity contribution in [3.8, 4) is 5.75 Å². The molecule has 98 valence electrons. The number of fused-ring (bicyclic) bond motifs is 1. The monoisotopic (exact) mass is 253 g/mol. The minimum absolute atomic E-state index is 0.0968. The quantitative estimate of drug-likeness (QED) is 0.870. The molecule has 0 amide bonds. The van der Waals surface area contributed by atoms with Gasteiger partial charge in [0, 0.05) is 0 Å². The molecule has 1 aliphatic heterocycles. The summed E-state index contributed by atoms with van der Waals surface area (Å²) in [6.07, 6.45) is 1.17. The molecular weight excluding hydrogens is 234 g/mol. The first-order valence-electron chi connectivity index (χ1n) is 6.87. The molecule has 0 spiro atoms. The zero-order valence-electron chi connectivity index (χ0n) is 11.4. The molecule has 2 heteroatoms. The van der Waals surface area contributed by atoms with Crippen molar-refractivity contribution in [3.63, 3.8) is 0 Å². The normalized spacial score (nSPS) is 17.3. The second-order valence-electron chi connectivity index (χ2n) is 5.03. The number of para-hydroxylation sites is 1. The van der Waals surface area contributed by atoms with Crippen LogP contribution in [-0.2, 0) is 6.42 Å². The van der Waals surface area contributed by atoms with Crippen LogP contribution < -0.4 is 10.1 Å². The molecule has 0 aromatic heterocycles. The highest BCUT2D eigenvalue weighted by Gasteiger charge is 2.21. The number of rotatable bonds is 2. The molecule has 0 fully saturated rings. The standard InChI is InChI=1S/C17H19NO/c1-3-13-7-9-14(10-8-13)16-11-18-15-6-4-5-12(2)17(15)19-16/h4-10,16,18H,3,11H2,1-2H3. The van der Waals surface area contributed by atoms with Crippen LogP contribution in [0.2, 0.25) is 0 Å². The fourth-order valence-electron chi connectivity index (χ4n) is 2.49. The average molecular weight is 253 g/mol. The lowest BCUT2D eigenvalue weighted by molar-refractivity contribution is 0.209. The molecule has 1 atom stereocenters. The molecule has 2 aromatic carbocycles. The third kappa shape index (κ3) is 2.30. The van der Waals surface area contributed by atoms with Crippen LogP contribution in [-0.4, -0.2) is 6.54 Å². The average Bonchev–Trinajstić information content (AvgIpc) is 2.47. The first-order chi connectivity index (χ1) is 9.28. The van der Waals surface area contributed by atoms with Crippen LogP contribution in [0.1, 0.15) is 29.7 Å². The fraction of sp³-hybridized carbons (Fsp3) is 0.294. The molecule has 2 aromatic rings. The Morgan fingerprint density at radius 1 is 1.16 bits per heavy atom. The smallest absolute Gasteiger partial charge is 0.146 e. The van der Waals surface area contributed by atoms with Crippen molar-refractivity contribution in [1.29, 1.82) is 0 Å². The molecule has 0 aliphatic carbocycles. The highest BCUT2D eigenvalue weighted by molar-refractivity contribution is 5.61. The van der Waals surface area contributed by atoms with Gasteiger partial charge in [-0.15, -0.1) is 0 Å². The second kappa shape index (κ2) is 4.96. The van der Waals surface area contributed by atoms with Crippen LogP contribution in [0.4, 0.5) is 5.69 Å². The van der Waals surface area contributed by atoms with E-state index in [9.17, 15) is 0 Å². The molecule has 19 heavy (non-hydrogen) atoms. The van der Waals surface area contributed by atoms with Crippen molar-refractivity contribution < 1.29 is 4.74 Å². The molecule has 1 aliphatic rings. The van der Waals surface area contributed by atoms with E-state index in [1.165, 1.54) is 16.7 Å². The predicted molar refractivity (Wildman–Crippen MR) is 78.9 cm³/mol. The van der Waals surface area contributed by atoms with Crippen molar-refractivity contribution in [3.05, 3.63) is 59.2 Å². The van der Waals surface area contributed by atoms with Crippen molar-refractivity contribution in [2.24, 2.45) is 0 Å². The molecule has 2 nitrogen and oxygen atoms in total. The topological polar surface area (TPSA) is 21.3 Å². The van der Waals surface area contributed by atoms with Gasteiger partial charge in [0.25, 0.3) is 0 Å². The molecule has 0 saturated heterocycles. The molecule has 1 N–H and O–H groups in total. The third-order valence-electron chi connectivity index (χ3n) is 3.71. The molecule has 1 unspecified atom stereocenters. The Morgan fingerprint density at radius 3 is 2.68 bits per heavy atom. The number of hydrogen-bond acceptors (Lipinski definition) is 2. The van der Waals surface area contributed by atoms with E-state index in [1.807, 2.05) is 0 Å². The SMILES string of the molecule is CCc1ccc(C2CNc3cccc(C)c3O2)cc1. The van der Waals surface area contributed by atoms with Gasteiger partial charge in [-0.3, -0.25) is 0 Å². The molecule has 0 radical (unpaired) electrons. The maximum Gasteiger partial charge on any atom is 0.146 e. The highest BCUT2D eigenvalue weighted by atomic mass is 16.5. The van der Waals surface area contributed by atoms with E-state index < -0.39 is 0 Å². The molecule has 1 heterocycles. The minimum atomic E-state index is 0.0968. The summed E-state index contributed by atoms with van der Waals surface area (Å²) in [6, 6.07) is 14.9. The zero-order valence-corrected chi connectivity index (χ0v) is 11.4. The zero-order chi connectivity index (χ0) is 13.2. The van der Waals surface area contributed by atoms with E-state index in [0.717, 1.165) is 24.4 Å². The summed E-state index contributed by atoms with van der Waals surface area (Å²) < 4.78 is 6.16. The van der Waals surface area contributed by atoms with E-state index in [4.69, 9.17) is 4.74 Å². The van der Waals surface area contributed by atoms with Crippen LogP contribution >= 0.6 is 0 Å². The van der Waals surface area contributed by atoms with Gasteiger partial charge in [-0.1, -0.05) is 43.3 Å². The molecular formula is C17H19NO. The Hall–Kier alpha value is -1.96. The summed E-state index contributed by atoms with van der Waals surface area (Å²) in [5, 5.41) is 3.46. The third-order valence-corrected chi connectivity index (χ3v) is 3.71. The summed E-state index contributed by atoms with van der Waals surface area (Å²) in [5.74, 6) is 0.985. The number of hydrogen-bond donors (Lipinski definition) is 1. The summed E-state index contributed by atoms with van der Waals surface area (Å²) in [6.45, 7) is 5.08. The Morgan fingerprint density at radius 2 is 1.95 bits per heavy atom. The van der Waals surface area contributed by atoms with Crippen LogP contribution in [0, 0.1) is 6.92 Å². The van der Waals surface area contributed by atoms with Gasteiger partial charge < -0.3 is 10.1 Å². The van der Waals surface area contributed by atoms with Gasteiger partial charge in [-0.05, 0) is 36.1 Å². The van der Waals surface area contributed by atoms with Gasteiger partial charge in [0.15, 0.2) is 0 Å². The summed E-state index contributed by atoms with van der Waals surface area (Å²) in [5.41, 5.74) is 4.88. The van der Waals surface area contributed by atoms with Crippen LogP contribution in [0.25, 0.3) is 0 Å². The Labute approximate surface area is 114 Å². The highest BCUT2D eigenvalue weighted by Crippen LogP contribution is 2.36. The maximum atomic E-state index is 6.16. The number of ether oxygens (including phenoxy) is 1. The summed E-state index contributed by atoms with van der Waals surface area (Å²) in [4.78, 5) is 0. The van der Waals surface area contributed by atoms with Gasteiger partial charge in [0.2, 0.25) is 0 Å². The molecule has 0 saturated carbocycles. The lowest BCUT2D eigenvalue weighted by atomic mass is 10.0. The largest absolute Gasteiger partial charge is 0.481 e. The van der Waals surface area contributed by atoms with Gasteiger partial charge >= 0.3 is 0 Å². The first-order valence-corrected chi connectivity index (χ1v) is 6.87. The van der Waals surface area contributed by atoms with Crippen molar-refractivity contribution in [2.75, 3.05) is 11.9 Å². The summed E-state index contributed by atoms with van der Waals surface area (Å²) in [7, 11) is 0. The molecule has 0 bridgehead atoms. The summed E-state index contributed by atoms with van der Waals surface area (Å²) >= 11 is 0. The van der Waals surface area contributed by atoms with E-state index >= 15 is 0 Å². The van der Waals surface area contributed by atoms with E-state index in [0.29, 0.717) is 0 Å². The first kappa shape index (κ1) is 12.1. The minimum Gasteiger partial charge on any atom is -0.481 e. The Balaban J connectivity index is 1.86. The second-order valence-corrected chi connectivity index (χ2v) is 5.03. The van der Waals surface area contributed by atoms with Crippen LogP contribution in [0.5, 0.6) is 5.75 Å². The van der Waals surface area contributed by atoms with Crippen LogP contribution in [0.15, 0.2) is 42.5 Å². The number of benzene rings is 2. The fourth-order valence-corrected chi connectivity index (χ4v) is 2.49. The van der Waals surface area contributed by atoms with Crippen LogP contribution in [0.3, 0.4) is 0 Å². The van der Waals surface area contributed by atoms with E-state index in [-0.39, 0.29) is 6.10 Å². The Kier molecular flexibility index (Phi) is 3.16. The Bertz CT molecular complexity index is 574. The van der Waals surface area contributed by atoms with Crippen molar-refractivity contribution in [1.82, 2.24) is 0 Å². The number of aryl methyl sites for hydroxylation is 2. The van der Waals surface area contributed by atoms with Gasteiger partial charge in [-0.2, -0.15) is 0 Å². The lowest BCUT2D eigenvalue weighted by Crippen LogP contribution is -2.24. The van der Waals surface area contributed by atoms with Gasteiger partial charge in [0.05, 0.1) is 12.2 Å². The lowest BCUT2D eigenvalue weighted by Gasteiger charge is -2.29. The van der Waals surface area contributed by atoms with Gasteiger partial charge in [-0.25, -0.2) is 0 Å². The van der Waals surface area contributed by atoms with E-state index in [1.54, 1.807) is 0 Å². The van der Waals surface area contributed by atoms with Gasteiger partial charge in [0.1, 0.15) is 11.9 Å².